The molecule has 0 nitrogen and oxygen atoms in total. The Balaban J connectivity index is 3.01. The fourth-order valence-electron chi connectivity index (χ4n) is 1.12. The molecule has 3 heteroatoms. The Kier molecular flexibility index (Phi) is 4.08. The second-order valence-electron chi connectivity index (χ2n) is 3.13. The first-order valence-electron chi connectivity index (χ1n) is 4.11. The first-order chi connectivity index (χ1) is 6.02. The van der Waals surface area contributed by atoms with Crippen molar-refractivity contribution in [1.82, 2.24) is 0 Å². The van der Waals surface area contributed by atoms with Crippen molar-refractivity contribution in [3.8, 4) is 0 Å². The van der Waals surface area contributed by atoms with Gasteiger partial charge in [0.05, 0.1) is 0 Å². The lowest BCUT2D eigenvalue weighted by molar-refractivity contribution is 0.742. The van der Waals surface area contributed by atoms with Gasteiger partial charge in [-0.15, -0.1) is 11.6 Å². The Hall–Kier alpha value is 0.280. The average molecular weight is 282 g/mol. The lowest BCUT2D eigenvalue weighted by Crippen LogP contribution is -2.05. The van der Waals surface area contributed by atoms with E-state index in [0.29, 0.717) is 0 Å². The van der Waals surface area contributed by atoms with E-state index in [1.165, 1.54) is 0 Å². The lowest BCUT2D eigenvalue weighted by atomic mass is 9.98. The van der Waals surface area contributed by atoms with E-state index in [-0.39, 0.29) is 11.3 Å². The summed E-state index contributed by atoms with van der Waals surface area (Å²) < 4.78 is 0.996. The number of benzene rings is 1. The molecule has 0 spiro atoms. The molecule has 1 aromatic rings. The van der Waals surface area contributed by atoms with Gasteiger partial charge in [-0.1, -0.05) is 40.5 Å². The first-order valence-corrected chi connectivity index (χ1v) is 5.72. The summed E-state index contributed by atoms with van der Waals surface area (Å²) in [5.41, 5.74) is 1.10. The number of hydrogen-bond donors (Lipinski definition) is 0. The highest BCUT2D eigenvalue weighted by atomic mass is 79.9. The Morgan fingerprint density at radius 3 is 2.38 bits per heavy atom. The second kappa shape index (κ2) is 4.68. The summed E-state index contributed by atoms with van der Waals surface area (Å²) in [6.07, 6.45) is 0. The quantitative estimate of drug-likeness (QED) is 0.681. The highest BCUT2D eigenvalue weighted by Gasteiger charge is 2.14. The molecule has 13 heavy (non-hydrogen) atoms. The van der Waals surface area contributed by atoms with Crippen LogP contribution in [0.1, 0.15) is 25.3 Å². The summed E-state index contributed by atoms with van der Waals surface area (Å²) in [5, 5.41) is 0.869. The highest BCUT2D eigenvalue weighted by Crippen LogP contribution is 2.31. The van der Waals surface area contributed by atoms with Gasteiger partial charge in [-0.25, -0.2) is 0 Å². The average Bonchev–Trinajstić information content (AvgIpc) is 2.03. The van der Waals surface area contributed by atoms with E-state index in [2.05, 4.69) is 22.9 Å². The molecule has 2 atom stereocenters. The smallest absolute Gasteiger partial charge is 0.0452 e. The monoisotopic (exact) mass is 280 g/mol. The van der Waals surface area contributed by atoms with Crippen LogP contribution in [-0.4, -0.2) is 5.38 Å². The molecule has 72 valence electrons. The third kappa shape index (κ3) is 2.87. The minimum absolute atomic E-state index is 0.0960. The van der Waals surface area contributed by atoms with Crippen molar-refractivity contribution in [2.24, 2.45) is 0 Å². The third-order valence-electron chi connectivity index (χ3n) is 2.14. The molecule has 0 heterocycles. The van der Waals surface area contributed by atoms with Crippen molar-refractivity contribution in [1.29, 1.82) is 0 Å². The Morgan fingerprint density at radius 2 is 1.92 bits per heavy atom. The molecule has 0 saturated carbocycles. The van der Waals surface area contributed by atoms with E-state index >= 15 is 0 Å². The van der Waals surface area contributed by atoms with Crippen LogP contribution in [0.4, 0.5) is 0 Å². The standard InChI is InChI=1S/C10H11BrCl2/c1-6(7(2)12)9-4-3-8(11)5-10(9)13/h3-7H,1-2H3. The van der Waals surface area contributed by atoms with Gasteiger partial charge in [0.1, 0.15) is 0 Å². The lowest BCUT2D eigenvalue weighted by Gasteiger charge is -2.15. The van der Waals surface area contributed by atoms with E-state index in [9.17, 15) is 0 Å². The molecule has 0 radical (unpaired) electrons. The summed E-state index contributed by atoms with van der Waals surface area (Å²) in [5.74, 6) is 0.280. The van der Waals surface area contributed by atoms with Crippen molar-refractivity contribution in [3.05, 3.63) is 33.3 Å². The van der Waals surface area contributed by atoms with Crippen LogP contribution in [0.3, 0.4) is 0 Å². The molecule has 0 saturated heterocycles. The molecular weight excluding hydrogens is 271 g/mol. The summed E-state index contributed by atoms with van der Waals surface area (Å²) in [6.45, 7) is 4.05. The zero-order valence-electron chi connectivity index (χ0n) is 7.52. The second-order valence-corrected chi connectivity index (χ2v) is 5.14. The molecule has 0 N–H and O–H groups in total. The van der Waals surface area contributed by atoms with Gasteiger partial charge in [0.15, 0.2) is 0 Å². The van der Waals surface area contributed by atoms with Gasteiger partial charge < -0.3 is 0 Å². The van der Waals surface area contributed by atoms with Crippen LogP contribution in [0.5, 0.6) is 0 Å². The topological polar surface area (TPSA) is 0 Å². The molecule has 1 aromatic carbocycles. The van der Waals surface area contributed by atoms with Gasteiger partial charge in [-0.05, 0) is 30.5 Å². The maximum Gasteiger partial charge on any atom is 0.0452 e. The van der Waals surface area contributed by atoms with Crippen LogP contribution < -0.4 is 0 Å². The summed E-state index contributed by atoms with van der Waals surface area (Å²) in [4.78, 5) is 0. The van der Waals surface area contributed by atoms with Crippen LogP contribution in [0, 0.1) is 0 Å². The number of halogens is 3. The van der Waals surface area contributed by atoms with Crippen molar-refractivity contribution in [2.45, 2.75) is 25.1 Å². The molecule has 0 aliphatic carbocycles. The molecule has 1 rings (SSSR count). The zero-order chi connectivity index (χ0) is 10.0. The number of alkyl halides is 1. The molecule has 0 aliphatic rings. The summed E-state index contributed by atoms with van der Waals surface area (Å²) in [7, 11) is 0. The van der Waals surface area contributed by atoms with Gasteiger partial charge in [0.25, 0.3) is 0 Å². The minimum Gasteiger partial charge on any atom is -0.123 e. The maximum absolute atomic E-state index is 6.08. The van der Waals surface area contributed by atoms with E-state index in [4.69, 9.17) is 23.2 Å². The molecule has 0 fully saturated rings. The van der Waals surface area contributed by atoms with Gasteiger partial charge in [0.2, 0.25) is 0 Å². The normalized spacial score (nSPS) is 15.5. The van der Waals surface area contributed by atoms with E-state index in [1.807, 2.05) is 25.1 Å². The Bertz CT molecular complexity index is 297. The third-order valence-corrected chi connectivity index (χ3v) is 3.34. The molecular formula is C10H11BrCl2. The molecule has 2 unspecified atom stereocenters. The van der Waals surface area contributed by atoms with Crippen molar-refractivity contribution in [2.75, 3.05) is 0 Å². The number of hydrogen-bond acceptors (Lipinski definition) is 0. The summed E-state index contributed by atoms with van der Waals surface area (Å²) >= 11 is 15.4. The van der Waals surface area contributed by atoms with Gasteiger partial charge in [-0.2, -0.15) is 0 Å². The Morgan fingerprint density at radius 1 is 1.31 bits per heavy atom. The van der Waals surface area contributed by atoms with Crippen molar-refractivity contribution in [3.63, 3.8) is 0 Å². The fraction of sp³-hybridized carbons (Fsp3) is 0.400. The first kappa shape index (κ1) is 11.4. The van der Waals surface area contributed by atoms with Crippen LogP contribution in [0.15, 0.2) is 22.7 Å². The maximum atomic E-state index is 6.08. The number of rotatable bonds is 2. The Labute approximate surface area is 97.4 Å². The van der Waals surface area contributed by atoms with Crippen molar-refractivity contribution >= 4 is 39.1 Å². The molecule has 0 bridgehead atoms. The minimum atomic E-state index is 0.0960. The SMILES string of the molecule is CC(Cl)C(C)c1ccc(Br)cc1Cl. The summed E-state index contributed by atoms with van der Waals surface area (Å²) in [6, 6.07) is 5.89. The zero-order valence-corrected chi connectivity index (χ0v) is 10.6. The van der Waals surface area contributed by atoms with Crippen LogP contribution in [0.2, 0.25) is 5.02 Å². The van der Waals surface area contributed by atoms with Gasteiger partial charge >= 0.3 is 0 Å². The van der Waals surface area contributed by atoms with Crippen LogP contribution in [0.25, 0.3) is 0 Å². The van der Waals surface area contributed by atoms with Crippen LogP contribution in [-0.2, 0) is 0 Å². The predicted molar refractivity (Wildman–Crippen MR) is 62.9 cm³/mol. The van der Waals surface area contributed by atoms with Gasteiger partial charge in [-0.3, -0.25) is 0 Å². The molecule has 0 aliphatic heterocycles. The van der Waals surface area contributed by atoms with E-state index < -0.39 is 0 Å². The van der Waals surface area contributed by atoms with E-state index in [1.54, 1.807) is 0 Å². The predicted octanol–water partition coefficient (Wildman–Crippen LogP) is 4.83. The molecule has 0 amide bonds. The fourth-order valence-corrected chi connectivity index (χ4v) is 2.10. The van der Waals surface area contributed by atoms with Crippen molar-refractivity contribution < 1.29 is 0 Å². The van der Waals surface area contributed by atoms with Gasteiger partial charge in [0, 0.05) is 14.9 Å². The van der Waals surface area contributed by atoms with E-state index in [0.717, 1.165) is 15.1 Å². The highest BCUT2D eigenvalue weighted by molar-refractivity contribution is 9.10. The largest absolute Gasteiger partial charge is 0.123 e. The molecule has 0 aromatic heterocycles. The van der Waals surface area contributed by atoms with Crippen LogP contribution >= 0.6 is 39.1 Å².